The van der Waals surface area contributed by atoms with Gasteiger partial charge in [-0.3, -0.25) is 0 Å². The van der Waals surface area contributed by atoms with Gasteiger partial charge in [-0.15, -0.1) is 0 Å². The molecule has 0 amide bonds. The first-order valence-electron chi connectivity index (χ1n) is 9.78. The Balaban J connectivity index is 1.44. The van der Waals surface area contributed by atoms with E-state index in [0.29, 0.717) is 24.1 Å². The number of phenolic OH excluding ortho intramolecular Hbond substituents is 1. The molecule has 0 spiro atoms. The molecule has 3 rings (SSSR count). The number of hydrogen-bond donors (Lipinski definition) is 3. The van der Waals surface area contributed by atoms with Gasteiger partial charge in [-0.25, -0.2) is 0 Å². The number of aryl methyl sites for hydroxylation is 1. The zero-order chi connectivity index (χ0) is 18.5. The Morgan fingerprint density at radius 2 is 1.77 bits per heavy atom. The first-order chi connectivity index (χ1) is 12.5. The lowest BCUT2D eigenvalue weighted by Crippen LogP contribution is -2.29. The van der Waals surface area contributed by atoms with Gasteiger partial charge in [0.1, 0.15) is 5.75 Å². The molecular formula is C23H31NO2. The van der Waals surface area contributed by atoms with Crippen molar-refractivity contribution in [2.45, 2.75) is 51.6 Å². The number of hydrogen-bond acceptors (Lipinski definition) is 3. The number of rotatable bonds is 6. The molecule has 0 heterocycles. The van der Waals surface area contributed by atoms with Gasteiger partial charge in [0.15, 0.2) is 0 Å². The summed E-state index contributed by atoms with van der Waals surface area (Å²) >= 11 is 0. The minimum absolute atomic E-state index is 0.413. The maximum absolute atomic E-state index is 10.3. The van der Waals surface area contributed by atoms with Gasteiger partial charge in [0, 0.05) is 6.54 Å². The van der Waals surface area contributed by atoms with Crippen molar-refractivity contribution >= 4 is 0 Å². The molecule has 3 N–H and O–H groups in total. The fourth-order valence-corrected chi connectivity index (χ4v) is 4.18. The van der Waals surface area contributed by atoms with Crippen LogP contribution in [0.4, 0.5) is 0 Å². The summed E-state index contributed by atoms with van der Waals surface area (Å²) < 4.78 is 0. The minimum Gasteiger partial charge on any atom is -0.508 e. The van der Waals surface area contributed by atoms with Crippen molar-refractivity contribution in [3.63, 3.8) is 0 Å². The third-order valence-electron chi connectivity index (χ3n) is 5.83. The van der Waals surface area contributed by atoms with Crippen molar-refractivity contribution in [3.8, 4) is 5.75 Å². The van der Waals surface area contributed by atoms with Crippen LogP contribution in [-0.2, 0) is 0 Å². The lowest BCUT2D eigenvalue weighted by atomic mass is 9.77. The van der Waals surface area contributed by atoms with E-state index in [-0.39, 0.29) is 0 Å². The summed E-state index contributed by atoms with van der Waals surface area (Å²) in [4.78, 5) is 0. The van der Waals surface area contributed by atoms with Gasteiger partial charge in [-0.05, 0) is 80.7 Å². The highest BCUT2D eigenvalue weighted by Gasteiger charge is 2.24. The largest absolute Gasteiger partial charge is 0.508 e. The van der Waals surface area contributed by atoms with Gasteiger partial charge < -0.3 is 15.5 Å². The molecule has 0 aliphatic heterocycles. The van der Waals surface area contributed by atoms with Crippen LogP contribution >= 0.6 is 0 Å². The second-order valence-electron chi connectivity index (χ2n) is 7.80. The quantitative estimate of drug-likeness (QED) is 0.711. The van der Waals surface area contributed by atoms with Gasteiger partial charge in [-0.2, -0.15) is 0 Å². The molecule has 1 aliphatic rings. The van der Waals surface area contributed by atoms with Crippen LogP contribution < -0.4 is 5.32 Å². The molecule has 3 heteroatoms. The van der Waals surface area contributed by atoms with E-state index in [2.05, 4.69) is 30.4 Å². The van der Waals surface area contributed by atoms with Crippen molar-refractivity contribution in [1.82, 2.24) is 5.32 Å². The summed E-state index contributed by atoms with van der Waals surface area (Å²) in [5.74, 6) is 1.65. The molecule has 2 aromatic rings. The van der Waals surface area contributed by atoms with Crippen LogP contribution in [-0.4, -0.2) is 23.3 Å². The molecule has 1 aliphatic carbocycles. The highest BCUT2D eigenvalue weighted by Crippen LogP contribution is 2.38. The number of benzene rings is 2. The zero-order valence-corrected chi connectivity index (χ0v) is 15.9. The third-order valence-corrected chi connectivity index (χ3v) is 5.83. The van der Waals surface area contributed by atoms with E-state index >= 15 is 0 Å². The van der Waals surface area contributed by atoms with Crippen LogP contribution in [0, 0.1) is 19.8 Å². The van der Waals surface area contributed by atoms with E-state index in [1.54, 1.807) is 6.07 Å². The third kappa shape index (κ3) is 4.66. The van der Waals surface area contributed by atoms with Crippen LogP contribution in [0.15, 0.2) is 42.5 Å². The zero-order valence-electron chi connectivity index (χ0n) is 15.9. The summed E-state index contributed by atoms with van der Waals surface area (Å²) in [5, 5.41) is 23.7. The summed E-state index contributed by atoms with van der Waals surface area (Å²) in [6.07, 6.45) is 4.32. The van der Waals surface area contributed by atoms with Gasteiger partial charge in [0.05, 0.1) is 6.10 Å². The first kappa shape index (κ1) is 18.9. The SMILES string of the molecule is Cc1cccc(C(O)CNCC2CCC(c3cccc(O)c3C)CC2)c1. The summed E-state index contributed by atoms with van der Waals surface area (Å²) in [6, 6.07) is 14.0. The Kier molecular flexibility index (Phi) is 6.33. The average molecular weight is 354 g/mol. The lowest BCUT2D eigenvalue weighted by Gasteiger charge is -2.30. The molecule has 1 saturated carbocycles. The topological polar surface area (TPSA) is 52.5 Å². The van der Waals surface area contributed by atoms with E-state index in [9.17, 15) is 10.2 Å². The highest BCUT2D eigenvalue weighted by molar-refractivity contribution is 5.40. The molecule has 0 bridgehead atoms. The summed E-state index contributed by atoms with van der Waals surface area (Å²) in [6.45, 7) is 5.64. The van der Waals surface area contributed by atoms with Gasteiger partial charge in [-0.1, -0.05) is 42.0 Å². The highest BCUT2D eigenvalue weighted by atomic mass is 16.3. The predicted octanol–water partition coefficient (Wildman–Crippen LogP) is 4.61. The Morgan fingerprint density at radius 1 is 1.04 bits per heavy atom. The van der Waals surface area contributed by atoms with E-state index in [1.807, 2.05) is 25.1 Å². The summed E-state index contributed by atoms with van der Waals surface area (Å²) in [5.41, 5.74) is 4.52. The first-order valence-corrected chi connectivity index (χ1v) is 9.78. The maximum Gasteiger partial charge on any atom is 0.118 e. The van der Waals surface area contributed by atoms with Crippen LogP contribution in [0.3, 0.4) is 0 Å². The Hall–Kier alpha value is -1.84. The molecule has 1 unspecified atom stereocenters. The number of phenols is 1. The van der Waals surface area contributed by atoms with Crippen molar-refractivity contribution < 1.29 is 10.2 Å². The standard InChI is InChI=1S/C23H31NO2/c1-16-5-3-6-20(13-16)23(26)15-24-14-18-9-11-19(12-10-18)21-7-4-8-22(25)17(21)2/h3-8,13,18-19,23-26H,9-12,14-15H2,1-2H3. The maximum atomic E-state index is 10.3. The fraction of sp³-hybridized carbons (Fsp3) is 0.478. The Morgan fingerprint density at radius 3 is 2.50 bits per heavy atom. The van der Waals surface area contributed by atoms with Crippen LogP contribution in [0.2, 0.25) is 0 Å². The second-order valence-corrected chi connectivity index (χ2v) is 7.80. The smallest absolute Gasteiger partial charge is 0.118 e. The monoisotopic (exact) mass is 353 g/mol. The van der Waals surface area contributed by atoms with E-state index < -0.39 is 6.10 Å². The van der Waals surface area contributed by atoms with Crippen molar-refractivity contribution in [1.29, 1.82) is 0 Å². The fourth-order valence-electron chi connectivity index (χ4n) is 4.18. The normalized spacial score (nSPS) is 21.5. The second kappa shape index (κ2) is 8.70. The molecule has 1 atom stereocenters. The van der Waals surface area contributed by atoms with E-state index in [4.69, 9.17) is 0 Å². The summed E-state index contributed by atoms with van der Waals surface area (Å²) in [7, 11) is 0. The number of aliphatic hydroxyl groups is 1. The Bertz CT molecular complexity index is 720. The van der Waals surface area contributed by atoms with Crippen LogP contribution in [0.5, 0.6) is 5.75 Å². The molecule has 2 aromatic carbocycles. The Labute approximate surface area is 157 Å². The molecule has 1 fully saturated rings. The minimum atomic E-state index is -0.443. The molecule has 0 saturated heterocycles. The van der Waals surface area contributed by atoms with Crippen LogP contribution in [0.25, 0.3) is 0 Å². The molecular weight excluding hydrogens is 322 g/mol. The predicted molar refractivity (Wildman–Crippen MR) is 107 cm³/mol. The van der Waals surface area contributed by atoms with Gasteiger partial charge in [0.2, 0.25) is 0 Å². The van der Waals surface area contributed by atoms with Crippen LogP contribution in [0.1, 0.15) is 60.0 Å². The molecule has 140 valence electrons. The molecule has 0 aromatic heterocycles. The lowest BCUT2D eigenvalue weighted by molar-refractivity contribution is 0.170. The van der Waals surface area contributed by atoms with E-state index in [1.165, 1.54) is 36.8 Å². The van der Waals surface area contributed by atoms with E-state index in [0.717, 1.165) is 17.7 Å². The van der Waals surface area contributed by atoms with Gasteiger partial charge in [0.25, 0.3) is 0 Å². The average Bonchev–Trinajstić information content (AvgIpc) is 2.64. The van der Waals surface area contributed by atoms with Gasteiger partial charge >= 0.3 is 0 Å². The van der Waals surface area contributed by atoms with Crippen molar-refractivity contribution in [2.24, 2.45) is 5.92 Å². The number of aliphatic hydroxyl groups excluding tert-OH is 1. The molecule has 26 heavy (non-hydrogen) atoms. The number of aromatic hydroxyl groups is 1. The molecule has 3 nitrogen and oxygen atoms in total. The van der Waals surface area contributed by atoms with Crippen molar-refractivity contribution in [3.05, 3.63) is 64.7 Å². The van der Waals surface area contributed by atoms with Crippen molar-refractivity contribution in [2.75, 3.05) is 13.1 Å². The number of nitrogens with one attached hydrogen (secondary N) is 1. The molecule has 0 radical (unpaired) electrons.